The van der Waals surface area contributed by atoms with Gasteiger partial charge in [0, 0.05) is 13.0 Å². The molecule has 0 aromatic heterocycles. The molecule has 0 aliphatic carbocycles. The number of hydrogen-bond acceptors (Lipinski definition) is 10. The molecule has 0 aromatic rings. The van der Waals surface area contributed by atoms with Gasteiger partial charge in [-0.2, -0.15) is 0 Å². The monoisotopic (exact) mass is 796 g/mol. The first-order valence-corrected chi connectivity index (χ1v) is 21.9. The van der Waals surface area contributed by atoms with Crippen LogP contribution in [0, 0.1) is 0 Å². The number of nitrogens with two attached hydrogens (primary N) is 1. The Labute approximate surface area is 332 Å². The lowest BCUT2D eigenvalue weighted by Crippen LogP contribution is -2.26. The Bertz CT molecular complexity index is 1170. The van der Waals surface area contributed by atoms with E-state index >= 15 is 0 Å². The Morgan fingerprint density at radius 2 is 1.31 bits per heavy atom. The maximum atomic E-state index is 12.4. The molecule has 0 aliphatic heterocycles. The van der Waals surface area contributed by atoms with Gasteiger partial charge in [0.15, 0.2) is 6.10 Å². The van der Waals surface area contributed by atoms with Crippen LogP contribution in [0.5, 0.6) is 0 Å². The van der Waals surface area contributed by atoms with Crippen LogP contribution in [0.1, 0.15) is 129 Å². The Kier molecular flexibility index (Phi) is 36.5. The van der Waals surface area contributed by atoms with E-state index in [-0.39, 0.29) is 45.6 Å². The predicted molar refractivity (Wildman–Crippen MR) is 223 cm³/mol. The summed E-state index contributed by atoms with van der Waals surface area (Å²) in [5.74, 6) is -0.549. The summed E-state index contributed by atoms with van der Waals surface area (Å²) in [4.78, 5) is 22.3. The maximum Gasteiger partial charge on any atom is 0.472 e. The normalized spacial score (nSPS) is 16.1. The molecule has 6 N–H and O–H groups in total. The number of ether oxygens (including phenoxy) is 2. The fraction of sp³-hybridized carbons (Fsp3) is 0.651. The number of phosphoric acid groups is 1. The number of rotatable bonds is 37. The minimum atomic E-state index is -4.36. The smallest absolute Gasteiger partial charge is 0.472 e. The average Bonchev–Trinajstić information content (AvgIpc) is 3.16. The molecule has 12 heteroatoms. The zero-order valence-corrected chi connectivity index (χ0v) is 34.6. The quantitative estimate of drug-likeness (QED) is 0.0101. The SMILES string of the molecule is CC/C=C\C[C@@H](O)/C=C/C=C/C=C\C=C/[C@H](O)[C@@H](O)CCCC(=O)OC[C@H](COP(=O)(O)OCCN)O/C=C/CCCCCC/C=C\CCCCCCCC. The van der Waals surface area contributed by atoms with Gasteiger partial charge in [-0.1, -0.05) is 132 Å². The van der Waals surface area contributed by atoms with E-state index in [1.54, 1.807) is 42.5 Å². The van der Waals surface area contributed by atoms with E-state index in [2.05, 4.69) is 19.1 Å². The molecular weight excluding hydrogens is 721 g/mol. The van der Waals surface area contributed by atoms with Crippen LogP contribution >= 0.6 is 7.82 Å². The van der Waals surface area contributed by atoms with Crippen LogP contribution in [0.3, 0.4) is 0 Å². The van der Waals surface area contributed by atoms with Crippen molar-refractivity contribution in [2.24, 2.45) is 5.73 Å². The molecule has 0 saturated heterocycles. The molecule has 0 spiro atoms. The molecule has 0 heterocycles. The van der Waals surface area contributed by atoms with Gasteiger partial charge in [-0.25, -0.2) is 4.57 Å². The van der Waals surface area contributed by atoms with Crippen molar-refractivity contribution in [1.82, 2.24) is 0 Å². The number of aliphatic hydroxyl groups excluding tert-OH is 3. The second-order valence-electron chi connectivity index (χ2n) is 13.4. The highest BCUT2D eigenvalue weighted by Crippen LogP contribution is 2.43. The molecular formula is C43H74NO10P. The molecule has 5 atom stereocenters. The van der Waals surface area contributed by atoms with Crippen molar-refractivity contribution >= 4 is 13.8 Å². The molecule has 11 nitrogen and oxygen atoms in total. The molecule has 0 bridgehead atoms. The Balaban J connectivity index is 4.50. The molecule has 0 fully saturated rings. The van der Waals surface area contributed by atoms with E-state index in [0.717, 1.165) is 38.5 Å². The third-order valence-corrected chi connectivity index (χ3v) is 9.21. The van der Waals surface area contributed by atoms with Crippen LogP contribution in [0.2, 0.25) is 0 Å². The third-order valence-electron chi connectivity index (χ3n) is 8.23. The standard InChI is InChI=1S/C43H74NO10P/c1-3-5-7-8-9-10-11-12-13-14-15-16-17-20-23-27-35-51-40(38-54-55(49,50)53-36-34-44)37-52-43(48)33-28-32-42(47)41(46)31-26-22-19-18-21-25-30-39(45)29-24-6-4-2/h6,12-13,18-19,21-22,24-27,30-31,35,39-42,45-47H,3-5,7-11,14-17,20,23,28-29,32-34,36-38,44H2,1-2H3,(H,49,50)/b13-12-,21-18+,22-19-,24-6-,30-25+,31-26-,35-27+/t39-,40-,41+,42+/m1/s1. The molecule has 1 unspecified atom stereocenters. The number of allylic oxidation sites excluding steroid dienone is 10. The first-order valence-electron chi connectivity index (χ1n) is 20.5. The summed E-state index contributed by atoms with van der Waals surface area (Å²) in [6, 6.07) is 0. The molecule has 316 valence electrons. The molecule has 55 heavy (non-hydrogen) atoms. The maximum absolute atomic E-state index is 12.4. The second kappa shape index (κ2) is 38.3. The lowest BCUT2D eigenvalue weighted by Gasteiger charge is -2.19. The van der Waals surface area contributed by atoms with Gasteiger partial charge in [0.1, 0.15) is 6.61 Å². The lowest BCUT2D eigenvalue weighted by molar-refractivity contribution is -0.147. The molecule has 0 rings (SSSR count). The predicted octanol–water partition coefficient (Wildman–Crippen LogP) is 9.00. The number of phosphoric ester groups is 1. The molecule has 0 aliphatic rings. The molecule has 0 saturated carbocycles. The van der Waals surface area contributed by atoms with E-state index in [9.17, 15) is 29.6 Å². The summed E-state index contributed by atoms with van der Waals surface area (Å²) >= 11 is 0. The van der Waals surface area contributed by atoms with Gasteiger partial charge in [0.25, 0.3) is 0 Å². The van der Waals surface area contributed by atoms with Gasteiger partial charge in [0.05, 0.1) is 37.8 Å². The third kappa shape index (κ3) is 36.8. The van der Waals surface area contributed by atoms with E-state index < -0.39 is 38.2 Å². The van der Waals surface area contributed by atoms with E-state index in [1.165, 1.54) is 63.7 Å². The summed E-state index contributed by atoms with van der Waals surface area (Å²) in [6.45, 7) is 3.58. The first kappa shape index (κ1) is 52.4. The second-order valence-corrected chi connectivity index (χ2v) is 14.8. The number of carbonyl (C=O) groups is 1. The zero-order chi connectivity index (χ0) is 40.7. The van der Waals surface area contributed by atoms with Crippen molar-refractivity contribution in [3.05, 3.63) is 85.3 Å². The van der Waals surface area contributed by atoms with Gasteiger partial charge in [-0.15, -0.1) is 0 Å². The van der Waals surface area contributed by atoms with Crippen molar-refractivity contribution < 1.29 is 48.1 Å². The Morgan fingerprint density at radius 3 is 1.95 bits per heavy atom. The minimum absolute atomic E-state index is 0.00820. The summed E-state index contributed by atoms with van der Waals surface area (Å²) in [5, 5.41) is 30.3. The highest BCUT2D eigenvalue weighted by atomic mass is 31.2. The van der Waals surface area contributed by atoms with Crippen LogP contribution in [-0.4, -0.2) is 77.0 Å². The zero-order valence-electron chi connectivity index (χ0n) is 33.7. The highest BCUT2D eigenvalue weighted by molar-refractivity contribution is 7.47. The van der Waals surface area contributed by atoms with Crippen molar-refractivity contribution in [2.45, 2.75) is 154 Å². The molecule has 0 radical (unpaired) electrons. The molecule has 0 aromatic carbocycles. The van der Waals surface area contributed by atoms with Crippen LogP contribution in [0.25, 0.3) is 0 Å². The topological polar surface area (TPSA) is 178 Å². The molecule has 0 amide bonds. The van der Waals surface area contributed by atoms with Crippen molar-refractivity contribution in [1.29, 1.82) is 0 Å². The van der Waals surface area contributed by atoms with Gasteiger partial charge in [0.2, 0.25) is 0 Å². The van der Waals surface area contributed by atoms with Crippen molar-refractivity contribution in [3.63, 3.8) is 0 Å². The van der Waals surface area contributed by atoms with Crippen LogP contribution in [0.4, 0.5) is 0 Å². The lowest BCUT2D eigenvalue weighted by atomic mass is 10.1. The van der Waals surface area contributed by atoms with Gasteiger partial charge in [-0.05, 0) is 70.3 Å². The minimum Gasteiger partial charge on any atom is -0.492 e. The fourth-order valence-corrected chi connectivity index (χ4v) is 5.79. The van der Waals surface area contributed by atoms with Crippen LogP contribution in [-0.2, 0) is 27.9 Å². The van der Waals surface area contributed by atoms with Crippen LogP contribution < -0.4 is 5.73 Å². The van der Waals surface area contributed by atoms with E-state index in [1.807, 2.05) is 25.2 Å². The number of unbranched alkanes of at least 4 members (excludes halogenated alkanes) is 11. The summed E-state index contributed by atoms with van der Waals surface area (Å²) in [5.41, 5.74) is 5.34. The number of carbonyl (C=O) groups excluding carboxylic acids is 1. The first-order chi connectivity index (χ1) is 26.6. The summed E-state index contributed by atoms with van der Waals surface area (Å²) < 4.78 is 32.9. The average molecular weight is 796 g/mol. The van der Waals surface area contributed by atoms with Crippen LogP contribution in [0.15, 0.2) is 85.3 Å². The fourth-order valence-electron chi connectivity index (χ4n) is 5.02. The van der Waals surface area contributed by atoms with Gasteiger partial charge >= 0.3 is 13.8 Å². The number of esters is 1. The van der Waals surface area contributed by atoms with Crippen molar-refractivity contribution in [3.8, 4) is 0 Å². The largest absolute Gasteiger partial charge is 0.492 e. The number of hydrogen-bond donors (Lipinski definition) is 5. The van der Waals surface area contributed by atoms with E-state index in [4.69, 9.17) is 24.3 Å². The van der Waals surface area contributed by atoms with Gasteiger partial charge in [-0.3, -0.25) is 13.8 Å². The summed E-state index contributed by atoms with van der Waals surface area (Å²) in [7, 11) is -4.36. The highest BCUT2D eigenvalue weighted by Gasteiger charge is 2.24. The number of aliphatic hydroxyl groups is 3. The summed E-state index contributed by atoms with van der Waals surface area (Å²) in [6.07, 6.45) is 39.3. The van der Waals surface area contributed by atoms with E-state index in [0.29, 0.717) is 6.42 Å². The van der Waals surface area contributed by atoms with Crippen molar-refractivity contribution in [2.75, 3.05) is 26.4 Å². The van der Waals surface area contributed by atoms with Gasteiger partial charge < -0.3 is 35.4 Å². The Hall–Kier alpha value is -2.60. The Morgan fingerprint density at radius 1 is 0.709 bits per heavy atom.